The summed E-state index contributed by atoms with van der Waals surface area (Å²) in [5, 5.41) is 14.9. The minimum absolute atomic E-state index is 0.386. The third-order valence-corrected chi connectivity index (χ3v) is 6.20. The fraction of sp³-hybridized carbons (Fsp3) is 0.500. The lowest BCUT2D eigenvalue weighted by Crippen LogP contribution is -2.43. The van der Waals surface area contributed by atoms with Crippen LogP contribution in [0.1, 0.15) is 42.7 Å². The van der Waals surface area contributed by atoms with Crippen molar-refractivity contribution in [1.29, 1.82) is 5.26 Å². The Balaban J connectivity index is 1.53. The molecule has 10 heteroatoms. The Bertz CT molecular complexity index is 903. The van der Waals surface area contributed by atoms with E-state index in [4.69, 9.17) is 4.74 Å². The summed E-state index contributed by atoms with van der Waals surface area (Å²) in [7, 11) is 0. The number of carbonyl (C=O) groups is 4. The van der Waals surface area contributed by atoms with E-state index in [-0.39, 0.29) is 0 Å². The first kappa shape index (κ1) is 19.8. The number of urea groups is 1. The van der Waals surface area contributed by atoms with Gasteiger partial charge in [-0.1, -0.05) is 6.92 Å². The number of nitrogens with one attached hydrogen (secondary N) is 2. The molecule has 1 aromatic rings. The van der Waals surface area contributed by atoms with Crippen LogP contribution in [0, 0.1) is 11.3 Å². The van der Waals surface area contributed by atoms with Crippen molar-refractivity contribution in [3.8, 4) is 6.07 Å². The molecule has 2 aliphatic rings. The Morgan fingerprint density at radius 2 is 2.14 bits per heavy atom. The smallest absolute Gasteiger partial charge is 0.326 e. The molecule has 1 aliphatic carbocycles. The molecule has 2 heterocycles. The standard InChI is InChI=1S/C18H20N4O5S/c1-3-18(2)16(25)22(17(26)21-18)8-14(24)27-9-13(23)20-15-11(7-19)10-5-4-6-12(10)28-15/h3-6,8-9H2,1-2H3,(H,20,23)(H,21,26)/t18-/m0/s1. The maximum Gasteiger partial charge on any atom is 0.326 e. The zero-order valence-corrected chi connectivity index (χ0v) is 16.4. The summed E-state index contributed by atoms with van der Waals surface area (Å²) in [4.78, 5) is 50.1. The van der Waals surface area contributed by atoms with Crippen molar-refractivity contribution in [2.24, 2.45) is 0 Å². The molecule has 0 aromatic carbocycles. The van der Waals surface area contributed by atoms with Gasteiger partial charge in [0.1, 0.15) is 23.2 Å². The molecule has 1 atom stereocenters. The van der Waals surface area contributed by atoms with Crippen LogP contribution in [0.25, 0.3) is 0 Å². The lowest BCUT2D eigenvalue weighted by atomic mass is 9.99. The Hall–Kier alpha value is -2.93. The number of fused-ring (bicyclic) bond motifs is 1. The Morgan fingerprint density at radius 1 is 1.39 bits per heavy atom. The third kappa shape index (κ3) is 3.57. The van der Waals surface area contributed by atoms with E-state index in [0.29, 0.717) is 17.0 Å². The van der Waals surface area contributed by atoms with E-state index in [0.717, 1.165) is 34.6 Å². The third-order valence-electron chi connectivity index (χ3n) is 4.99. The Labute approximate surface area is 165 Å². The van der Waals surface area contributed by atoms with Crippen molar-refractivity contribution in [2.75, 3.05) is 18.5 Å². The van der Waals surface area contributed by atoms with Crippen LogP contribution in [0.3, 0.4) is 0 Å². The summed E-state index contributed by atoms with van der Waals surface area (Å²) in [5.41, 5.74) is 0.412. The number of anilines is 1. The topological polar surface area (TPSA) is 129 Å². The van der Waals surface area contributed by atoms with Crippen molar-refractivity contribution in [2.45, 2.75) is 45.1 Å². The van der Waals surface area contributed by atoms with Crippen LogP contribution in [0.5, 0.6) is 0 Å². The molecule has 1 aromatic heterocycles. The first-order valence-electron chi connectivity index (χ1n) is 8.93. The number of esters is 1. The van der Waals surface area contributed by atoms with Crippen LogP contribution >= 0.6 is 11.3 Å². The number of hydrogen-bond acceptors (Lipinski definition) is 7. The summed E-state index contributed by atoms with van der Waals surface area (Å²) < 4.78 is 4.88. The molecule has 2 N–H and O–H groups in total. The van der Waals surface area contributed by atoms with E-state index >= 15 is 0 Å². The molecule has 9 nitrogen and oxygen atoms in total. The average molecular weight is 404 g/mol. The second-order valence-corrected chi connectivity index (χ2v) is 7.99. The number of imide groups is 1. The largest absolute Gasteiger partial charge is 0.454 e. The van der Waals surface area contributed by atoms with Gasteiger partial charge in [0.25, 0.3) is 11.8 Å². The lowest BCUT2D eigenvalue weighted by molar-refractivity contribution is -0.150. The van der Waals surface area contributed by atoms with Gasteiger partial charge in [0.15, 0.2) is 6.61 Å². The summed E-state index contributed by atoms with van der Waals surface area (Å²) >= 11 is 1.36. The SMILES string of the molecule is CC[C@]1(C)NC(=O)N(CC(=O)OCC(=O)Nc2sc3c(c2C#N)CCC3)C1=O. The molecule has 0 unspecified atom stereocenters. The van der Waals surface area contributed by atoms with Crippen molar-refractivity contribution in [1.82, 2.24) is 10.2 Å². The van der Waals surface area contributed by atoms with Crippen LogP contribution < -0.4 is 10.6 Å². The molecule has 0 bridgehead atoms. The van der Waals surface area contributed by atoms with Gasteiger partial charge >= 0.3 is 12.0 Å². The zero-order valence-electron chi connectivity index (χ0n) is 15.6. The maximum absolute atomic E-state index is 12.2. The number of thiophene rings is 1. The van der Waals surface area contributed by atoms with E-state index in [9.17, 15) is 24.4 Å². The van der Waals surface area contributed by atoms with E-state index in [1.54, 1.807) is 13.8 Å². The second kappa shape index (κ2) is 7.59. The monoisotopic (exact) mass is 404 g/mol. The number of aryl methyl sites for hydroxylation is 1. The number of ether oxygens (including phenoxy) is 1. The highest BCUT2D eigenvalue weighted by Crippen LogP contribution is 2.38. The molecule has 148 valence electrons. The first-order valence-corrected chi connectivity index (χ1v) is 9.75. The second-order valence-electron chi connectivity index (χ2n) is 6.89. The van der Waals surface area contributed by atoms with Gasteiger partial charge in [-0.25, -0.2) is 4.79 Å². The summed E-state index contributed by atoms with van der Waals surface area (Å²) in [6.45, 7) is 2.20. The van der Waals surface area contributed by atoms with Gasteiger partial charge in [-0.15, -0.1) is 11.3 Å². The van der Waals surface area contributed by atoms with E-state index < -0.39 is 42.5 Å². The lowest BCUT2D eigenvalue weighted by Gasteiger charge is -2.18. The van der Waals surface area contributed by atoms with Gasteiger partial charge in [-0.2, -0.15) is 5.26 Å². The minimum atomic E-state index is -1.04. The zero-order chi connectivity index (χ0) is 20.5. The number of nitriles is 1. The van der Waals surface area contributed by atoms with Gasteiger partial charge < -0.3 is 15.4 Å². The van der Waals surface area contributed by atoms with E-state index in [1.165, 1.54) is 11.3 Å². The van der Waals surface area contributed by atoms with Crippen LogP contribution in [0.2, 0.25) is 0 Å². The average Bonchev–Trinajstić information content (AvgIpc) is 3.29. The van der Waals surface area contributed by atoms with Gasteiger partial charge in [-0.3, -0.25) is 19.3 Å². The highest BCUT2D eigenvalue weighted by molar-refractivity contribution is 7.16. The number of nitrogens with zero attached hydrogens (tertiary/aromatic N) is 2. The predicted octanol–water partition coefficient (Wildman–Crippen LogP) is 1.31. The Kier molecular flexibility index (Phi) is 5.38. The van der Waals surface area contributed by atoms with Crippen molar-refractivity contribution >= 4 is 40.2 Å². The molecule has 0 radical (unpaired) electrons. The normalized spacial score (nSPS) is 20.5. The highest BCUT2D eigenvalue weighted by Gasteiger charge is 2.47. The molecular weight excluding hydrogens is 384 g/mol. The van der Waals surface area contributed by atoms with E-state index in [2.05, 4.69) is 16.7 Å². The Morgan fingerprint density at radius 3 is 2.79 bits per heavy atom. The molecule has 0 saturated carbocycles. The van der Waals surface area contributed by atoms with Gasteiger partial charge in [0, 0.05) is 4.88 Å². The quantitative estimate of drug-likeness (QED) is 0.543. The fourth-order valence-electron chi connectivity index (χ4n) is 3.22. The van der Waals surface area contributed by atoms with Crippen molar-refractivity contribution in [3.05, 3.63) is 16.0 Å². The highest BCUT2D eigenvalue weighted by atomic mass is 32.1. The maximum atomic E-state index is 12.2. The molecule has 0 spiro atoms. The number of rotatable bonds is 6. The molecule has 4 amide bonds. The molecule has 1 aliphatic heterocycles. The number of carbonyl (C=O) groups excluding carboxylic acids is 4. The molecule has 28 heavy (non-hydrogen) atoms. The van der Waals surface area contributed by atoms with Crippen LogP contribution in [-0.4, -0.2) is 47.4 Å². The molecular formula is C18H20N4O5S. The predicted molar refractivity (Wildman–Crippen MR) is 99.6 cm³/mol. The van der Waals surface area contributed by atoms with Gasteiger partial charge in [0.05, 0.1) is 5.56 Å². The van der Waals surface area contributed by atoms with Crippen LogP contribution in [0.15, 0.2) is 0 Å². The number of hydrogen-bond donors (Lipinski definition) is 2. The van der Waals surface area contributed by atoms with Crippen LogP contribution in [-0.2, 0) is 32.0 Å². The van der Waals surface area contributed by atoms with Gasteiger partial charge in [0.2, 0.25) is 0 Å². The molecule has 1 fully saturated rings. The first-order chi connectivity index (χ1) is 13.3. The van der Waals surface area contributed by atoms with E-state index in [1.807, 2.05) is 0 Å². The molecule has 3 rings (SSSR count). The van der Waals surface area contributed by atoms with Crippen LogP contribution in [0.4, 0.5) is 9.80 Å². The summed E-state index contributed by atoms with van der Waals surface area (Å²) in [6.07, 6.45) is 3.10. The van der Waals surface area contributed by atoms with Gasteiger partial charge in [-0.05, 0) is 38.2 Å². The van der Waals surface area contributed by atoms with Crippen molar-refractivity contribution < 1.29 is 23.9 Å². The van der Waals surface area contributed by atoms with Crippen molar-refractivity contribution in [3.63, 3.8) is 0 Å². The summed E-state index contributed by atoms with van der Waals surface area (Å²) in [5.74, 6) is -1.96. The fourth-order valence-corrected chi connectivity index (χ4v) is 4.48. The minimum Gasteiger partial charge on any atom is -0.454 e. The number of amides is 4. The summed E-state index contributed by atoms with van der Waals surface area (Å²) in [6, 6.07) is 1.45. The molecule has 1 saturated heterocycles.